The van der Waals surface area contributed by atoms with Gasteiger partial charge in [-0.25, -0.2) is 0 Å². The summed E-state index contributed by atoms with van der Waals surface area (Å²) in [6, 6.07) is 6.19. The zero-order valence-corrected chi connectivity index (χ0v) is 13.3. The number of aromatic nitrogens is 2. The molecule has 0 amide bonds. The zero-order chi connectivity index (χ0) is 15.2. The van der Waals surface area contributed by atoms with Gasteiger partial charge in [-0.15, -0.1) is 0 Å². The maximum absolute atomic E-state index is 6.23. The van der Waals surface area contributed by atoms with E-state index in [0.717, 1.165) is 12.1 Å². The summed E-state index contributed by atoms with van der Waals surface area (Å²) in [7, 11) is 0. The third kappa shape index (κ3) is 4.72. The first-order chi connectivity index (χ1) is 10.1. The summed E-state index contributed by atoms with van der Waals surface area (Å²) in [6.45, 7) is 7.19. The highest BCUT2D eigenvalue weighted by Crippen LogP contribution is 2.26. The summed E-state index contributed by atoms with van der Waals surface area (Å²) < 4.78 is 10.6. The van der Waals surface area contributed by atoms with Gasteiger partial charge in [-0.05, 0) is 17.7 Å². The number of nitrogens with one attached hydrogen (secondary N) is 1. The Kier molecular flexibility index (Phi) is 5.59. The van der Waals surface area contributed by atoms with Crippen LogP contribution in [0.5, 0.6) is 5.75 Å². The quantitative estimate of drug-likeness (QED) is 0.849. The van der Waals surface area contributed by atoms with Crippen LogP contribution in [0.3, 0.4) is 0 Å². The Morgan fingerprint density at radius 2 is 2.19 bits per heavy atom. The normalized spacial score (nSPS) is 11.1. The third-order valence-electron chi connectivity index (χ3n) is 2.88. The number of halogens is 1. The number of aryl methyl sites for hydroxylation is 1. The van der Waals surface area contributed by atoms with E-state index in [9.17, 15) is 0 Å². The molecule has 1 aromatic carbocycles. The van der Waals surface area contributed by atoms with Gasteiger partial charge in [0.05, 0.1) is 5.02 Å². The highest BCUT2D eigenvalue weighted by molar-refractivity contribution is 6.32. The van der Waals surface area contributed by atoms with Crippen molar-refractivity contribution in [1.82, 2.24) is 15.5 Å². The van der Waals surface area contributed by atoms with Crippen LogP contribution in [0.25, 0.3) is 0 Å². The maximum Gasteiger partial charge on any atom is 0.226 e. The summed E-state index contributed by atoms with van der Waals surface area (Å²) in [6.07, 6.45) is 0.714. The second kappa shape index (κ2) is 7.43. The first kappa shape index (κ1) is 15.8. The smallest absolute Gasteiger partial charge is 0.226 e. The lowest BCUT2D eigenvalue weighted by atomic mass is 10.2. The molecule has 0 bridgehead atoms. The molecule has 1 heterocycles. The average molecular weight is 310 g/mol. The number of ether oxygens (including phenoxy) is 1. The van der Waals surface area contributed by atoms with Gasteiger partial charge >= 0.3 is 0 Å². The van der Waals surface area contributed by atoms with Crippen LogP contribution in [0.15, 0.2) is 22.7 Å². The molecule has 114 valence electrons. The number of nitrogens with zero attached hydrogens (tertiary/aromatic N) is 2. The van der Waals surface area contributed by atoms with Gasteiger partial charge in [0.1, 0.15) is 5.75 Å². The van der Waals surface area contributed by atoms with Crippen molar-refractivity contribution in [2.45, 2.75) is 46.4 Å². The summed E-state index contributed by atoms with van der Waals surface area (Å²) in [5, 5.41) is 7.76. The predicted molar refractivity (Wildman–Crippen MR) is 81.4 cm³/mol. The molecule has 0 spiro atoms. The first-order valence-corrected chi connectivity index (χ1v) is 7.42. The topological polar surface area (TPSA) is 60.2 Å². The van der Waals surface area contributed by atoms with Gasteiger partial charge in [0.2, 0.25) is 11.7 Å². The molecule has 6 heteroatoms. The van der Waals surface area contributed by atoms with Gasteiger partial charge in [0.15, 0.2) is 6.61 Å². The van der Waals surface area contributed by atoms with Crippen LogP contribution < -0.4 is 10.1 Å². The number of hydrogen-bond donors (Lipinski definition) is 1. The van der Waals surface area contributed by atoms with E-state index >= 15 is 0 Å². The molecule has 0 aliphatic heterocycles. The van der Waals surface area contributed by atoms with Gasteiger partial charge in [0.25, 0.3) is 0 Å². The van der Waals surface area contributed by atoms with Gasteiger partial charge in [-0.1, -0.05) is 43.6 Å². The molecule has 2 aromatic rings. The van der Waals surface area contributed by atoms with E-state index in [1.165, 1.54) is 0 Å². The van der Waals surface area contributed by atoms with E-state index in [1.807, 2.05) is 25.1 Å². The summed E-state index contributed by atoms with van der Waals surface area (Å²) >= 11 is 6.23. The molecule has 0 fully saturated rings. The third-order valence-corrected chi connectivity index (χ3v) is 3.18. The minimum Gasteiger partial charge on any atom is -0.484 e. The highest BCUT2D eigenvalue weighted by Gasteiger charge is 2.08. The van der Waals surface area contributed by atoms with Crippen molar-refractivity contribution < 1.29 is 9.26 Å². The fourth-order valence-electron chi connectivity index (χ4n) is 1.73. The maximum atomic E-state index is 6.23. The summed E-state index contributed by atoms with van der Waals surface area (Å²) in [5.74, 6) is 1.75. The van der Waals surface area contributed by atoms with Crippen LogP contribution in [-0.2, 0) is 19.6 Å². The Balaban J connectivity index is 1.94. The monoisotopic (exact) mass is 309 g/mol. The van der Waals surface area contributed by atoms with E-state index in [-0.39, 0.29) is 6.61 Å². The Labute approximate surface area is 129 Å². The van der Waals surface area contributed by atoms with Crippen molar-refractivity contribution in [2.75, 3.05) is 0 Å². The van der Waals surface area contributed by atoms with Crippen molar-refractivity contribution in [3.8, 4) is 5.75 Å². The van der Waals surface area contributed by atoms with Gasteiger partial charge in [-0.2, -0.15) is 4.98 Å². The number of rotatable bonds is 7. The van der Waals surface area contributed by atoms with Crippen LogP contribution in [0, 0.1) is 0 Å². The minimum atomic E-state index is 0.243. The minimum absolute atomic E-state index is 0.243. The predicted octanol–water partition coefficient (Wildman–Crippen LogP) is 3.36. The number of benzene rings is 1. The van der Waals surface area contributed by atoms with Crippen LogP contribution >= 0.6 is 11.6 Å². The second-order valence-electron chi connectivity index (χ2n) is 5.05. The summed E-state index contributed by atoms with van der Waals surface area (Å²) in [5.41, 5.74) is 1.12. The van der Waals surface area contributed by atoms with E-state index in [2.05, 4.69) is 29.3 Å². The van der Waals surface area contributed by atoms with Gasteiger partial charge in [-0.3, -0.25) is 0 Å². The molecule has 5 nitrogen and oxygen atoms in total. The Morgan fingerprint density at radius 3 is 2.81 bits per heavy atom. The van der Waals surface area contributed by atoms with Crippen molar-refractivity contribution in [3.63, 3.8) is 0 Å². The molecule has 0 unspecified atom stereocenters. The lowest BCUT2D eigenvalue weighted by molar-refractivity contribution is 0.285. The lowest BCUT2D eigenvalue weighted by Crippen LogP contribution is -2.21. The van der Waals surface area contributed by atoms with Crippen LogP contribution in [0.4, 0.5) is 0 Å². The van der Waals surface area contributed by atoms with Crippen LogP contribution in [-0.4, -0.2) is 16.2 Å². The highest BCUT2D eigenvalue weighted by atomic mass is 35.5. The van der Waals surface area contributed by atoms with Crippen LogP contribution in [0.2, 0.25) is 5.02 Å². The molecule has 0 saturated heterocycles. The van der Waals surface area contributed by atoms with Crippen molar-refractivity contribution in [2.24, 2.45) is 0 Å². The Hall–Kier alpha value is -1.59. The van der Waals surface area contributed by atoms with Gasteiger partial charge < -0.3 is 14.6 Å². The molecular formula is C15H20ClN3O2. The number of hydrogen-bond acceptors (Lipinski definition) is 5. The van der Waals surface area contributed by atoms with E-state index in [1.54, 1.807) is 0 Å². The molecule has 0 saturated carbocycles. The Morgan fingerprint density at radius 1 is 1.38 bits per heavy atom. The molecule has 0 radical (unpaired) electrons. The molecule has 2 rings (SSSR count). The van der Waals surface area contributed by atoms with Gasteiger partial charge in [0, 0.05) is 19.0 Å². The van der Waals surface area contributed by atoms with Crippen molar-refractivity contribution >= 4 is 11.6 Å². The van der Waals surface area contributed by atoms with E-state index in [0.29, 0.717) is 34.9 Å². The van der Waals surface area contributed by atoms with E-state index < -0.39 is 0 Å². The summed E-state index contributed by atoms with van der Waals surface area (Å²) in [4.78, 5) is 4.18. The molecule has 1 N–H and O–H groups in total. The fraction of sp³-hybridized carbons (Fsp3) is 0.467. The van der Waals surface area contributed by atoms with Crippen molar-refractivity contribution in [3.05, 3.63) is 40.5 Å². The molecule has 0 atom stereocenters. The molecule has 1 aromatic heterocycles. The van der Waals surface area contributed by atoms with Crippen LogP contribution in [0.1, 0.15) is 38.0 Å². The second-order valence-corrected chi connectivity index (χ2v) is 5.45. The van der Waals surface area contributed by atoms with Crippen molar-refractivity contribution in [1.29, 1.82) is 0 Å². The largest absolute Gasteiger partial charge is 0.484 e. The Bertz CT molecular complexity index is 584. The molecular weight excluding hydrogens is 290 g/mol. The van der Waals surface area contributed by atoms with E-state index in [4.69, 9.17) is 20.9 Å². The zero-order valence-electron chi connectivity index (χ0n) is 12.5. The average Bonchev–Trinajstić information content (AvgIpc) is 2.92. The molecule has 0 aliphatic carbocycles. The molecule has 0 aliphatic rings. The SMILES string of the molecule is CCc1nc(COc2ccc(CNC(C)C)cc2Cl)no1. The fourth-order valence-corrected chi connectivity index (χ4v) is 1.99. The lowest BCUT2D eigenvalue weighted by Gasteiger charge is -2.10. The standard InChI is InChI=1S/C15H20ClN3O2/c1-4-15-18-14(19-21-15)9-20-13-6-5-11(7-12(13)16)8-17-10(2)3/h5-7,10,17H,4,8-9H2,1-3H3. The molecule has 21 heavy (non-hydrogen) atoms. The first-order valence-electron chi connectivity index (χ1n) is 7.04.